The molecular formula is C17H23NO4. The van der Waals surface area contributed by atoms with Crippen LogP contribution in [0.3, 0.4) is 0 Å². The Morgan fingerprint density at radius 3 is 2.05 bits per heavy atom. The molecule has 1 aromatic rings. The predicted molar refractivity (Wildman–Crippen MR) is 83.4 cm³/mol. The zero-order chi connectivity index (χ0) is 16.9. The smallest absolute Gasteiger partial charge is 0.336 e. The lowest BCUT2D eigenvalue weighted by atomic mass is 9.86. The Morgan fingerprint density at radius 2 is 1.59 bits per heavy atom. The number of hydrogen-bond donors (Lipinski definition) is 1. The molecule has 1 amide bonds. The summed E-state index contributed by atoms with van der Waals surface area (Å²) >= 11 is 0. The number of rotatable bonds is 5. The van der Waals surface area contributed by atoms with Gasteiger partial charge in [0.1, 0.15) is 0 Å². The first-order valence-electron chi connectivity index (χ1n) is 7.23. The van der Waals surface area contributed by atoms with Crippen molar-refractivity contribution in [2.75, 3.05) is 0 Å². The van der Waals surface area contributed by atoms with Crippen LogP contribution < -0.4 is 5.32 Å². The van der Waals surface area contributed by atoms with Gasteiger partial charge in [0.15, 0.2) is 11.8 Å². The zero-order valence-corrected chi connectivity index (χ0v) is 13.7. The lowest BCUT2D eigenvalue weighted by Gasteiger charge is -2.25. The van der Waals surface area contributed by atoms with Crippen molar-refractivity contribution in [2.45, 2.75) is 46.8 Å². The Bertz CT molecular complexity index is 544. The summed E-state index contributed by atoms with van der Waals surface area (Å²) in [5.41, 5.74) is -0.392. The summed E-state index contributed by atoms with van der Waals surface area (Å²) in [4.78, 5) is 36.8. The maximum Gasteiger partial charge on any atom is 0.336 e. The summed E-state index contributed by atoms with van der Waals surface area (Å²) in [6.07, 6.45) is -0.364. The van der Waals surface area contributed by atoms with Crippen LogP contribution in [-0.2, 0) is 14.3 Å². The Morgan fingerprint density at radius 1 is 1.05 bits per heavy atom. The normalized spacial score (nSPS) is 12.6. The zero-order valence-electron chi connectivity index (χ0n) is 13.7. The molecule has 0 spiro atoms. The van der Waals surface area contributed by atoms with Crippen LogP contribution in [-0.4, -0.2) is 29.8 Å². The molecule has 5 nitrogen and oxygen atoms in total. The van der Waals surface area contributed by atoms with E-state index in [-0.39, 0.29) is 11.9 Å². The van der Waals surface area contributed by atoms with Gasteiger partial charge >= 0.3 is 5.97 Å². The Balaban J connectivity index is 2.98. The number of nitrogens with one attached hydrogen (secondary N) is 1. The third-order valence-corrected chi connectivity index (χ3v) is 2.90. The van der Waals surface area contributed by atoms with Gasteiger partial charge in [-0.15, -0.1) is 0 Å². The van der Waals surface area contributed by atoms with E-state index < -0.39 is 23.3 Å². The molecule has 120 valence electrons. The summed E-state index contributed by atoms with van der Waals surface area (Å²) in [7, 11) is 0. The maximum absolute atomic E-state index is 12.4. The number of ketones is 1. The van der Waals surface area contributed by atoms with E-state index in [4.69, 9.17) is 4.74 Å². The number of amides is 1. The SMILES string of the molecule is CC(C)OC(=O)C(NC(=O)c1ccccc1)C(=O)C(C)(C)C. The van der Waals surface area contributed by atoms with Gasteiger partial charge in [0.25, 0.3) is 5.91 Å². The van der Waals surface area contributed by atoms with Crippen molar-refractivity contribution in [3.63, 3.8) is 0 Å². The second-order valence-electron chi connectivity index (χ2n) is 6.37. The minimum Gasteiger partial charge on any atom is -0.461 e. The fourth-order valence-electron chi connectivity index (χ4n) is 1.77. The van der Waals surface area contributed by atoms with E-state index in [1.807, 2.05) is 0 Å². The molecule has 0 saturated heterocycles. The molecule has 0 aliphatic rings. The van der Waals surface area contributed by atoms with Crippen LogP contribution in [0.1, 0.15) is 45.0 Å². The maximum atomic E-state index is 12.4. The highest BCUT2D eigenvalue weighted by molar-refractivity contribution is 6.09. The van der Waals surface area contributed by atoms with E-state index in [1.165, 1.54) is 0 Å². The minimum absolute atomic E-state index is 0.364. The van der Waals surface area contributed by atoms with Crippen molar-refractivity contribution in [2.24, 2.45) is 5.41 Å². The lowest BCUT2D eigenvalue weighted by Crippen LogP contribution is -2.51. The molecule has 0 fully saturated rings. The van der Waals surface area contributed by atoms with Crippen molar-refractivity contribution >= 4 is 17.7 Å². The van der Waals surface area contributed by atoms with Gasteiger partial charge in [-0.1, -0.05) is 39.0 Å². The van der Waals surface area contributed by atoms with Crippen molar-refractivity contribution in [3.05, 3.63) is 35.9 Å². The van der Waals surface area contributed by atoms with Crippen LogP contribution in [0.2, 0.25) is 0 Å². The molecule has 5 heteroatoms. The highest BCUT2D eigenvalue weighted by Gasteiger charge is 2.37. The highest BCUT2D eigenvalue weighted by Crippen LogP contribution is 2.18. The molecule has 0 aliphatic carbocycles. The Hall–Kier alpha value is -2.17. The standard InChI is InChI=1S/C17H23NO4/c1-11(2)22-16(21)13(14(19)17(3,4)5)18-15(20)12-9-7-6-8-10-12/h6-11,13H,1-5H3,(H,18,20). The van der Waals surface area contributed by atoms with E-state index >= 15 is 0 Å². The number of ether oxygens (including phenoxy) is 1. The molecular weight excluding hydrogens is 282 g/mol. The molecule has 1 N–H and O–H groups in total. The Labute approximate surface area is 131 Å². The van der Waals surface area contributed by atoms with E-state index in [0.29, 0.717) is 5.56 Å². The van der Waals surface area contributed by atoms with Gasteiger partial charge in [-0.25, -0.2) is 4.79 Å². The second-order valence-corrected chi connectivity index (χ2v) is 6.37. The first kappa shape index (κ1) is 17.9. The first-order chi connectivity index (χ1) is 10.1. The molecule has 1 rings (SSSR count). The largest absolute Gasteiger partial charge is 0.461 e. The monoisotopic (exact) mass is 305 g/mol. The van der Waals surface area contributed by atoms with Gasteiger partial charge < -0.3 is 10.1 Å². The summed E-state index contributed by atoms with van der Waals surface area (Å²) in [6.45, 7) is 8.46. The molecule has 0 aromatic heterocycles. The number of esters is 1. The van der Waals surface area contributed by atoms with Gasteiger partial charge in [-0.2, -0.15) is 0 Å². The average molecular weight is 305 g/mol. The minimum atomic E-state index is -1.31. The molecule has 1 unspecified atom stereocenters. The number of Topliss-reactive ketones (excluding diaryl/α,β-unsaturated/α-hetero) is 1. The number of benzene rings is 1. The second kappa shape index (κ2) is 7.20. The van der Waals surface area contributed by atoms with E-state index in [9.17, 15) is 14.4 Å². The van der Waals surface area contributed by atoms with Gasteiger partial charge in [-0.3, -0.25) is 9.59 Å². The lowest BCUT2D eigenvalue weighted by molar-refractivity contribution is -0.153. The summed E-state index contributed by atoms with van der Waals surface area (Å²) in [5.74, 6) is -1.61. The Kier molecular flexibility index (Phi) is 5.85. The summed E-state index contributed by atoms with van der Waals surface area (Å²) in [6, 6.07) is 7.12. The topological polar surface area (TPSA) is 72.5 Å². The van der Waals surface area contributed by atoms with Gasteiger partial charge in [0.2, 0.25) is 0 Å². The van der Waals surface area contributed by atoms with Crippen LogP contribution in [0.4, 0.5) is 0 Å². The summed E-state index contributed by atoms with van der Waals surface area (Å²) in [5, 5.41) is 2.48. The molecule has 0 radical (unpaired) electrons. The molecule has 0 bridgehead atoms. The third kappa shape index (κ3) is 4.98. The van der Waals surface area contributed by atoms with Gasteiger partial charge in [-0.05, 0) is 26.0 Å². The molecule has 0 aliphatic heterocycles. The predicted octanol–water partition coefficient (Wildman–Crippen LogP) is 2.35. The van der Waals surface area contributed by atoms with E-state index in [1.54, 1.807) is 65.0 Å². The van der Waals surface area contributed by atoms with Crippen molar-refractivity contribution in [1.29, 1.82) is 0 Å². The van der Waals surface area contributed by atoms with Crippen LogP contribution in [0.25, 0.3) is 0 Å². The molecule has 1 atom stereocenters. The number of carbonyl (C=O) groups excluding carboxylic acids is 3. The molecule has 1 aromatic carbocycles. The van der Waals surface area contributed by atoms with Crippen LogP contribution in [0, 0.1) is 5.41 Å². The average Bonchev–Trinajstić information content (AvgIpc) is 2.42. The number of carbonyl (C=O) groups is 3. The summed E-state index contributed by atoms with van der Waals surface area (Å²) < 4.78 is 5.09. The number of hydrogen-bond acceptors (Lipinski definition) is 4. The quantitative estimate of drug-likeness (QED) is 0.669. The fraction of sp³-hybridized carbons (Fsp3) is 0.471. The first-order valence-corrected chi connectivity index (χ1v) is 7.23. The van der Waals surface area contributed by atoms with Crippen molar-refractivity contribution in [1.82, 2.24) is 5.32 Å². The van der Waals surface area contributed by atoms with E-state index in [0.717, 1.165) is 0 Å². The van der Waals surface area contributed by atoms with Crippen molar-refractivity contribution in [3.8, 4) is 0 Å². The van der Waals surface area contributed by atoms with Crippen LogP contribution >= 0.6 is 0 Å². The van der Waals surface area contributed by atoms with Gasteiger partial charge in [0.05, 0.1) is 6.10 Å². The van der Waals surface area contributed by atoms with Crippen LogP contribution in [0.5, 0.6) is 0 Å². The van der Waals surface area contributed by atoms with Gasteiger partial charge in [0, 0.05) is 11.0 Å². The molecule has 0 heterocycles. The van der Waals surface area contributed by atoms with E-state index in [2.05, 4.69) is 5.32 Å². The fourth-order valence-corrected chi connectivity index (χ4v) is 1.77. The molecule has 22 heavy (non-hydrogen) atoms. The van der Waals surface area contributed by atoms with Crippen LogP contribution in [0.15, 0.2) is 30.3 Å². The highest BCUT2D eigenvalue weighted by atomic mass is 16.5. The molecule has 0 saturated carbocycles. The van der Waals surface area contributed by atoms with Crippen molar-refractivity contribution < 1.29 is 19.1 Å². The third-order valence-electron chi connectivity index (χ3n) is 2.90.